The number of guanidine groups is 1. The number of amides is 1. The number of carbonyl (C=O) groups is 3. The van der Waals surface area contributed by atoms with E-state index in [0.29, 0.717) is 17.0 Å². The molecular weight excluding hydrogens is 354 g/mol. The molecule has 148 valence electrons. The Kier molecular flexibility index (Phi) is 8.77. The molecular formula is C18H25N3O6. The molecule has 0 saturated carbocycles. The van der Waals surface area contributed by atoms with E-state index in [1.165, 1.54) is 7.05 Å². The molecule has 0 bridgehead atoms. The molecule has 1 atom stereocenters. The van der Waals surface area contributed by atoms with Gasteiger partial charge in [-0.15, -0.1) is 0 Å². The maximum Gasteiger partial charge on any atom is 0.451 e. The second-order valence-corrected chi connectivity index (χ2v) is 5.70. The maximum atomic E-state index is 12.2. The first-order valence-corrected chi connectivity index (χ1v) is 8.57. The van der Waals surface area contributed by atoms with E-state index in [4.69, 9.17) is 15.0 Å². The Bertz CT molecular complexity index is 664. The largest absolute Gasteiger partial charge is 0.480 e. The molecule has 1 aromatic rings. The van der Waals surface area contributed by atoms with Crippen LogP contribution < -0.4 is 0 Å². The predicted octanol–water partition coefficient (Wildman–Crippen LogP) is 2.27. The third-order valence-electron chi connectivity index (χ3n) is 3.66. The lowest BCUT2D eigenvalue weighted by Gasteiger charge is -2.30. The summed E-state index contributed by atoms with van der Waals surface area (Å²) in [5, 5.41) is 17.9. The van der Waals surface area contributed by atoms with Crippen LogP contribution in [0.4, 0.5) is 4.79 Å². The van der Waals surface area contributed by atoms with Crippen molar-refractivity contribution >= 4 is 24.0 Å². The number of nitrogens with zero attached hydrogens (tertiary/aromatic N) is 2. The van der Waals surface area contributed by atoms with E-state index in [1.54, 1.807) is 44.2 Å². The summed E-state index contributed by atoms with van der Waals surface area (Å²) in [4.78, 5) is 41.8. The number of carboxylic acids is 1. The number of hydrogen-bond acceptors (Lipinski definition) is 6. The Morgan fingerprint density at radius 1 is 1.19 bits per heavy atom. The first-order chi connectivity index (χ1) is 12.8. The normalized spacial score (nSPS) is 11.2. The zero-order valence-corrected chi connectivity index (χ0v) is 15.7. The van der Waals surface area contributed by atoms with Crippen LogP contribution in [0, 0.1) is 5.41 Å². The number of nitrogens with one attached hydrogen (secondary N) is 1. The van der Waals surface area contributed by atoms with E-state index < -0.39 is 30.0 Å². The van der Waals surface area contributed by atoms with Gasteiger partial charge in [0.25, 0.3) is 0 Å². The Labute approximate surface area is 157 Å². The zero-order chi connectivity index (χ0) is 20.4. The molecule has 0 saturated heterocycles. The first-order valence-electron chi connectivity index (χ1n) is 8.57. The van der Waals surface area contributed by atoms with Crippen molar-refractivity contribution in [3.63, 3.8) is 0 Å². The summed E-state index contributed by atoms with van der Waals surface area (Å²) >= 11 is 0. The fraction of sp³-hybridized carbons (Fsp3) is 0.444. The van der Waals surface area contributed by atoms with E-state index in [9.17, 15) is 19.5 Å². The van der Waals surface area contributed by atoms with Crippen LogP contribution in [0.2, 0.25) is 0 Å². The van der Waals surface area contributed by atoms with E-state index in [0.717, 1.165) is 4.90 Å². The second kappa shape index (κ2) is 10.8. The van der Waals surface area contributed by atoms with Gasteiger partial charge in [-0.3, -0.25) is 5.41 Å². The van der Waals surface area contributed by atoms with E-state index in [1.807, 2.05) is 0 Å². The summed E-state index contributed by atoms with van der Waals surface area (Å²) in [7, 11) is 1.34. The van der Waals surface area contributed by atoms with Crippen LogP contribution in [-0.2, 0) is 25.6 Å². The van der Waals surface area contributed by atoms with E-state index >= 15 is 0 Å². The average molecular weight is 379 g/mol. The third kappa shape index (κ3) is 6.61. The van der Waals surface area contributed by atoms with Crippen molar-refractivity contribution in [1.82, 2.24) is 9.96 Å². The van der Waals surface area contributed by atoms with Gasteiger partial charge >= 0.3 is 18.0 Å². The fourth-order valence-electron chi connectivity index (χ4n) is 2.29. The maximum absolute atomic E-state index is 12.2. The van der Waals surface area contributed by atoms with E-state index in [-0.39, 0.29) is 19.4 Å². The van der Waals surface area contributed by atoms with Crippen molar-refractivity contribution in [2.24, 2.45) is 0 Å². The lowest BCUT2D eigenvalue weighted by atomic mass is 10.1. The zero-order valence-electron chi connectivity index (χ0n) is 15.7. The number of aliphatic carboxylic acids is 1. The minimum atomic E-state index is -1.15. The van der Waals surface area contributed by atoms with Crippen molar-refractivity contribution in [1.29, 1.82) is 5.41 Å². The van der Waals surface area contributed by atoms with Gasteiger partial charge in [0, 0.05) is 7.05 Å². The van der Waals surface area contributed by atoms with Crippen LogP contribution in [-0.4, -0.2) is 58.8 Å². The van der Waals surface area contributed by atoms with Crippen molar-refractivity contribution in [3.05, 3.63) is 35.9 Å². The molecule has 0 aliphatic carbocycles. The molecule has 9 heteroatoms. The summed E-state index contributed by atoms with van der Waals surface area (Å²) in [6, 6.07) is 7.69. The van der Waals surface area contributed by atoms with Crippen LogP contribution in [0.5, 0.6) is 0 Å². The highest BCUT2D eigenvalue weighted by molar-refractivity contribution is 5.94. The van der Waals surface area contributed by atoms with Crippen LogP contribution in [0.15, 0.2) is 30.3 Å². The molecule has 0 aromatic heterocycles. The van der Waals surface area contributed by atoms with Crippen LogP contribution in [0.25, 0.3) is 0 Å². The third-order valence-corrected chi connectivity index (χ3v) is 3.66. The molecule has 1 aromatic carbocycles. The number of carbonyl (C=O) groups excluding carboxylic acids is 2. The lowest BCUT2D eigenvalue weighted by molar-refractivity contribution is -0.169. The molecule has 2 N–H and O–H groups in total. The minimum Gasteiger partial charge on any atom is -0.480 e. The smallest absolute Gasteiger partial charge is 0.451 e. The molecule has 1 unspecified atom stereocenters. The Morgan fingerprint density at radius 2 is 1.81 bits per heavy atom. The van der Waals surface area contributed by atoms with Gasteiger partial charge in [0.1, 0.15) is 6.04 Å². The molecule has 0 aliphatic heterocycles. The number of benzene rings is 1. The number of hydrogen-bond donors (Lipinski definition) is 2. The predicted molar refractivity (Wildman–Crippen MR) is 96.9 cm³/mol. The van der Waals surface area contributed by atoms with Crippen LogP contribution >= 0.6 is 0 Å². The van der Waals surface area contributed by atoms with Crippen molar-refractivity contribution < 1.29 is 29.1 Å². The van der Waals surface area contributed by atoms with Gasteiger partial charge in [-0.1, -0.05) is 48.7 Å². The average Bonchev–Trinajstić information content (AvgIpc) is 2.63. The van der Waals surface area contributed by atoms with Gasteiger partial charge in [-0.05, 0) is 18.9 Å². The highest BCUT2D eigenvalue weighted by Gasteiger charge is 2.33. The fourth-order valence-corrected chi connectivity index (χ4v) is 2.29. The van der Waals surface area contributed by atoms with Crippen LogP contribution in [0.3, 0.4) is 0 Å². The highest BCUT2D eigenvalue weighted by atomic mass is 16.8. The molecule has 9 nitrogen and oxygen atoms in total. The monoisotopic (exact) mass is 379 g/mol. The standard InChI is InChI=1S/C18H25N3O6/c1-4-9-14(16(23)24)20(3)17(19)21(18(25)26-5-2)27-15(22)12-13-10-7-6-8-11-13/h6-8,10-11,14,19H,4-5,9,12H2,1-3H3,(H,23,24). The van der Waals surface area contributed by atoms with Gasteiger partial charge in [-0.25, -0.2) is 14.4 Å². The summed E-state index contributed by atoms with van der Waals surface area (Å²) in [6.45, 7) is 3.36. The Hall–Kier alpha value is -3.10. The Balaban J connectivity index is 2.95. The quantitative estimate of drug-likeness (QED) is 0.423. The van der Waals surface area contributed by atoms with Gasteiger partial charge in [0.2, 0.25) is 5.96 Å². The number of likely N-dealkylation sites (N-methyl/N-ethyl adjacent to an activating group) is 1. The minimum absolute atomic E-state index is 0.000117. The molecule has 0 aliphatic rings. The number of ether oxygens (including phenoxy) is 1. The number of hydroxylamine groups is 2. The van der Waals surface area contributed by atoms with Crippen molar-refractivity contribution in [2.45, 2.75) is 39.2 Å². The molecule has 0 heterocycles. The van der Waals surface area contributed by atoms with E-state index in [2.05, 4.69) is 0 Å². The number of rotatable bonds is 7. The molecule has 1 rings (SSSR count). The first kappa shape index (κ1) is 21.9. The molecule has 27 heavy (non-hydrogen) atoms. The van der Waals surface area contributed by atoms with Gasteiger partial charge in [-0.2, -0.15) is 0 Å². The topological polar surface area (TPSA) is 120 Å². The summed E-state index contributed by atoms with van der Waals surface area (Å²) in [6.07, 6.45) is -0.383. The van der Waals surface area contributed by atoms with Gasteiger partial charge in [0.15, 0.2) is 0 Å². The Morgan fingerprint density at radius 3 is 2.33 bits per heavy atom. The van der Waals surface area contributed by atoms with Gasteiger partial charge in [0.05, 0.1) is 13.0 Å². The summed E-state index contributed by atoms with van der Waals surface area (Å²) < 4.78 is 4.82. The summed E-state index contributed by atoms with van der Waals surface area (Å²) in [5.74, 6) is -2.53. The lowest BCUT2D eigenvalue weighted by Crippen LogP contribution is -2.52. The SMILES string of the molecule is CCCC(C(=O)O)N(C)C(=N)N(OC(=O)Cc1ccccc1)C(=O)OCC. The van der Waals surface area contributed by atoms with Crippen molar-refractivity contribution in [2.75, 3.05) is 13.7 Å². The molecule has 1 amide bonds. The second-order valence-electron chi connectivity index (χ2n) is 5.70. The molecule has 0 fully saturated rings. The van der Waals surface area contributed by atoms with Gasteiger partial charge < -0.3 is 19.6 Å². The highest BCUT2D eigenvalue weighted by Crippen LogP contribution is 2.11. The molecule has 0 radical (unpaired) electrons. The molecule has 0 spiro atoms. The number of carboxylic acid groups (broad SMARTS) is 1. The van der Waals surface area contributed by atoms with Crippen LogP contribution in [0.1, 0.15) is 32.3 Å². The van der Waals surface area contributed by atoms with Crippen molar-refractivity contribution in [3.8, 4) is 0 Å². The summed E-state index contributed by atoms with van der Waals surface area (Å²) in [5.41, 5.74) is 0.667.